The van der Waals surface area contributed by atoms with Crippen molar-refractivity contribution in [2.24, 2.45) is 0 Å². The Balaban J connectivity index is 1.46. The van der Waals surface area contributed by atoms with Crippen LogP contribution in [0.2, 0.25) is 0 Å². The Bertz CT molecular complexity index is 945. The number of hydrogen-bond acceptors (Lipinski definition) is 7. The molecule has 4 N–H and O–H groups in total. The first-order valence-electron chi connectivity index (χ1n) is 11.8. The van der Waals surface area contributed by atoms with Gasteiger partial charge in [-0.25, -0.2) is 9.97 Å². The second-order valence-corrected chi connectivity index (χ2v) is 10.8. The monoisotopic (exact) mass is 437 g/mol. The summed E-state index contributed by atoms with van der Waals surface area (Å²) in [5.41, 5.74) is 11.4. The van der Waals surface area contributed by atoms with Crippen LogP contribution in [-0.4, -0.2) is 53.3 Å². The molecular formula is C25H39N7. The van der Waals surface area contributed by atoms with Gasteiger partial charge in [0.1, 0.15) is 12.0 Å². The molecule has 2 fully saturated rings. The maximum absolute atomic E-state index is 6.60. The fraction of sp³-hybridized carbons (Fsp3) is 0.600. The van der Waals surface area contributed by atoms with Crippen LogP contribution in [0.25, 0.3) is 0 Å². The Hall–Kier alpha value is -2.54. The van der Waals surface area contributed by atoms with Crippen LogP contribution in [0.3, 0.4) is 0 Å². The topological polar surface area (TPSA) is 82.3 Å². The van der Waals surface area contributed by atoms with Crippen LogP contribution < -0.4 is 26.2 Å². The maximum atomic E-state index is 6.60. The normalized spacial score (nSPS) is 20.9. The summed E-state index contributed by atoms with van der Waals surface area (Å²) in [4.78, 5) is 13.8. The van der Waals surface area contributed by atoms with E-state index in [0.29, 0.717) is 11.7 Å². The molecule has 2 aliphatic rings. The van der Waals surface area contributed by atoms with E-state index in [1.165, 1.54) is 16.8 Å². The van der Waals surface area contributed by atoms with Crippen molar-refractivity contribution in [3.05, 3.63) is 35.7 Å². The summed E-state index contributed by atoms with van der Waals surface area (Å²) in [5.74, 6) is 1.60. The van der Waals surface area contributed by atoms with Crippen molar-refractivity contribution in [2.45, 2.75) is 71.5 Å². The van der Waals surface area contributed by atoms with Gasteiger partial charge in [0.15, 0.2) is 11.6 Å². The van der Waals surface area contributed by atoms with E-state index in [1.807, 2.05) is 0 Å². The first-order valence-corrected chi connectivity index (χ1v) is 11.8. The molecule has 0 saturated carbocycles. The number of aryl methyl sites for hydroxylation is 1. The van der Waals surface area contributed by atoms with Gasteiger partial charge in [0, 0.05) is 49.0 Å². The van der Waals surface area contributed by atoms with Crippen LogP contribution in [-0.2, 0) is 0 Å². The molecule has 3 heterocycles. The van der Waals surface area contributed by atoms with Gasteiger partial charge in [-0.15, -0.1) is 0 Å². The lowest BCUT2D eigenvalue weighted by Gasteiger charge is -2.46. The summed E-state index contributed by atoms with van der Waals surface area (Å²) >= 11 is 0. The highest BCUT2D eigenvalue weighted by Gasteiger charge is 2.38. The Morgan fingerprint density at radius 2 is 1.59 bits per heavy atom. The third-order valence-electron chi connectivity index (χ3n) is 6.89. The first-order chi connectivity index (χ1) is 15.0. The lowest BCUT2D eigenvalue weighted by atomic mass is 9.79. The number of rotatable bonds is 4. The summed E-state index contributed by atoms with van der Waals surface area (Å²) in [6.07, 6.45) is 3.68. The van der Waals surface area contributed by atoms with Gasteiger partial charge in [0.05, 0.1) is 0 Å². The zero-order valence-corrected chi connectivity index (χ0v) is 20.5. The van der Waals surface area contributed by atoms with Crippen molar-refractivity contribution in [3.8, 4) is 0 Å². The number of piperazine rings is 1. The number of piperidine rings is 1. The third-order valence-corrected chi connectivity index (χ3v) is 6.89. The highest BCUT2D eigenvalue weighted by Crippen LogP contribution is 2.33. The van der Waals surface area contributed by atoms with Gasteiger partial charge in [0.2, 0.25) is 0 Å². The van der Waals surface area contributed by atoms with E-state index in [4.69, 9.17) is 5.73 Å². The van der Waals surface area contributed by atoms with Crippen LogP contribution in [0.5, 0.6) is 0 Å². The van der Waals surface area contributed by atoms with Crippen LogP contribution in [0.1, 0.15) is 51.7 Å². The van der Waals surface area contributed by atoms with E-state index in [0.717, 1.165) is 50.7 Å². The van der Waals surface area contributed by atoms with Crippen molar-refractivity contribution >= 4 is 23.0 Å². The molecule has 2 aromatic rings. The molecule has 7 heteroatoms. The van der Waals surface area contributed by atoms with E-state index >= 15 is 0 Å². The smallest absolute Gasteiger partial charge is 0.157 e. The average molecular weight is 438 g/mol. The van der Waals surface area contributed by atoms with Gasteiger partial charge < -0.3 is 26.2 Å². The SMILES string of the molecule is Cc1cccc(N2CCN(c3ncnc(NC4CC(C)(C)NC(C)(C)C4)c3N)CC2)c1C. The molecule has 1 aromatic carbocycles. The largest absolute Gasteiger partial charge is 0.393 e. The average Bonchev–Trinajstić information content (AvgIpc) is 2.70. The maximum Gasteiger partial charge on any atom is 0.157 e. The standard InChI is InChI=1S/C25H39N7/c1-17-8-7-9-20(18(17)2)31-10-12-32(13-11-31)23-21(26)22(27-16-28-23)29-19-14-24(3,4)30-25(5,6)15-19/h7-9,16,19,30H,10-15,26H2,1-6H3,(H,27,28,29). The Morgan fingerprint density at radius 3 is 2.25 bits per heavy atom. The lowest BCUT2D eigenvalue weighted by molar-refractivity contribution is 0.170. The number of nitrogens with zero attached hydrogens (tertiary/aromatic N) is 4. The minimum absolute atomic E-state index is 0.0638. The van der Waals surface area contributed by atoms with Gasteiger partial charge in [-0.3, -0.25) is 0 Å². The van der Waals surface area contributed by atoms with Crippen LogP contribution in [0, 0.1) is 13.8 Å². The van der Waals surface area contributed by atoms with Gasteiger partial charge in [-0.05, 0) is 71.6 Å². The summed E-state index contributed by atoms with van der Waals surface area (Å²) in [6, 6.07) is 6.86. The number of aromatic nitrogens is 2. The molecule has 0 spiro atoms. The van der Waals surface area contributed by atoms with Crippen molar-refractivity contribution in [1.82, 2.24) is 15.3 Å². The highest BCUT2D eigenvalue weighted by atomic mass is 15.3. The van der Waals surface area contributed by atoms with E-state index in [9.17, 15) is 0 Å². The molecule has 2 aliphatic heterocycles. The summed E-state index contributed by atoms with van der Waals surface area (Å²) in [5, 5.41) is 7.37. The number of nitrogen functional groups attached to an aromatic ring is 1. The zero-order valence-electron chi connectivity index (χ0n) is 20.5. The Kier molecular flexibility index (Phi) is 5.96. The summed E-state index contributed by atoms with van der Waals surface area (Å²) in [6.45, 7) is 17.1. The summed E-state index contributed by atoms with van der Waals surface area (Å²) in [7, 11) is 0. The van der Waals surface area contributed by atoms with Crippen LogP contribution in [0.15, 0.2) is 24.5 Å². The van der Waals surface area contributed by atoms with E-state index in [2.05, 4.69) is 90.1 Å². The van der Waals surface area contributed by atoms with Crippen LogP contribution in [0.4, 0.5) is 23.0 Å². The Morgan fingerprint density at radius 1 is 0.969 bits per heavy atom. The fourth-order valence-corrected chi connectivity index (χ4v) is 5.61. The molecule has 0 amide bonds. The highest BCUT2D eigenvalue weighted by molar-refractivity contribution is 5.75. The molecule has 0 bridgehead atoms. The van der Waals surface area contributed by atoms with Crippen molar-refractivity contribution < 1.29 is 0 Å². The van der Waals surface area contributed by atoms with Crippen LogP contribution >= 0.6 is 0 Å². The minimum Gasteiger partial charge on any atom is -0.393 e. The molecule has 0 radical (unpaired) electrons. The third kappa shape index (κ3) is 4.77. The van der Waals surface area contributed by atoms with Gasteiger partial charge in [-0.1, -0.05) is 12.1 Å². The second-order valence-electron chi connectivity index (χ2n) is 10.8. The molecule has 4 rings (SSSR count). The molecule has 174 valence electrons. The predicted octanol–water partition coefficient (Wildman–Crippen LogP) is 3.72. The first kappa shape index (κ1) is 22.6. The second kappa shape index (κ2) is 8.43. The molecule has 0 atom stereocenters. The predicted molar refractivity (Wildman–Crippen MR) is 135 cm³/mol. The molecule has 1 aromatic heterocycles. The van der Waals surface area contributed by atoms with Crippen molar-refractivity contribution in [1.29, 1.82) is 0 Å². The number of nitrogens with two attached hydrogens (primary N) is 1. The molecule has 0 aliphatic carbocycles. The molecule has 32 heavy (non-hydrogen) atoms. The number of nitrogens with one attached hydrogen (secondary N) is 2. The van der Waals surface area contributed by atoms with Crippen molar-refractivity contribution in [2.75, 3.05) is 47.0 Å². The van der Waals surface area contributed by atoms with Crippen molar-refractivity contribution in [3.63, 3.8) is 0 Å². The minimum atomic E-state index is 0.0638. The van der Waals surface area contributed by atoms with E-state index in [-0.39, 0.29) is 11.1 Å². The molecule has 2 saturated heterocycles. The number of benzene rings is 1. The fourth-order valence-electron chi connectivity index (χ4n) is 5.61. The molecule has 7 nitrogen and oxygen atoms in total. The van der Waals surface area contributed by atoms with E-state index < -0.39 is 0 Å². The van der Waals surface area contributed by atoms with Gasteiger partial charge in [-0.2, -0.15) is 0 Å². The lowest BCUT2D eigenvalue weighted by Crippen LogP contribution is -2.60. The summed E-state index contributed by atoms with van der Waals surface area (Å²) < 4.78 is 0. The van der Waals surface area contributed by atoms with E-state index in [1.54, 1.807) is 6.33 Å². The Labute approximate surface area is 192 Å². The number of hydrogen-bond donors (Lipinski definition) is 3. The zero-order chi connectivity index (χ0) is 23.1. The molecule has 0 unspecified atom stereocenters. The van der Waals surface area contributed by atoms with Gasteiger partial charge >= 0.3 is 0 Å². The molecular weight excluding hydrogens is 398 g/mol. The quantitative estimate of drug-likeness (QED) is 0.672. The number of anilines is 4. The van der Waals surface area contributed by atoms with Gasteiger partial charge in [0.25, 0.3) is 0 Å².